The monoisotopic (exact) mass is 357 g/mol. The minimum atomic E-state index is -0.353. The molecule has 1 N–H and O–H groups in total. The topological polar surface area (TPSA) is 61.9 Å². The molecule has 26 heavy (non-hydrogen) atoms. The summed E-state index contributed by atoms with van der Waals surface area (Å²) in [6.45, 7) is 1.71. The Morgan fingerprint density at radius 2 is 1.54 bits per heavy atom. The fraction of sp³-hybridized carbons (Fsp3) is 0.263. The molecule has 0 aromatic heterocycles. The second-order valence-electron chi connectivity index (χ2n) is 5.91. The van der Waals surface area contributed by atoms with Crippen LogP contribution >= 0.6 is 0 Å². The molecule has 0 atom stereocenters. The number of nitrogens with one attached hydrogen (secondary N) is 1. The number of rotatable bonds is 4. The van der Waals surface area contributed by atoms with Crippen LogP contribution in [-0.4, -0.2) is 54.5 Å². The highest BCUT2D eigenvalue weighted by molar-refractivity contribution is 5.89. The molecule has 0 saturated carbocycles. The smallest absolute Gasteiger partial charge is 0.321 e. The van der Waals surface area contributed by atoms with Crippen molar-refractivity contribution in [1.82, 2.24) is 9.80 Å². The second-order valence-corrected chi connectivity index (χ2v) is 5.91. The molecular formula is C19H20FN3O3. The quantitative estimate of drug-likeness (QED) is 0.915. The SMILES string of the molecule is O=C(COc1ccc(F)cc1)N1CCN(C(=O)Nc2ccccc2)CC1. The Labute approximate surface area is 151 Å². The van der Waals surface area contributed by atoms with Crippen molar-refractivity contribution in [1.29, 1.82) is 0 Å². The molecule has 1 aliphatic heterocycles. The van der Waals surface area contributed by atoms with Gasteiger partial charge < -0.3 is 19.9 Å². The lowest BCUT2D eigenvalue weighted by atomic mass is 10.3. The van der Waals surface area contributed by atoms with Crippen LogP contribution in [0.4, 0.5) is 14.9 Å². The van der Waals surface area contributed by atoms with Gasteiger partial charge in [-0.05, 0) is 36.4 Å². The number of amides is 3. The number of anilines is 1. The molecule has 0 unspecified atom stereocenters. The Morgan fingerprint density at radius 3 is 2.19 bits per heavy atom. The van der Waals surface area contributed by atoms with Crippen LogP contribution in [0.5, 0.6) is 5.75 Å². The standard InChI is InChI=1S/C19H20FN3O3/c20-15-6-8-17(9-7-15)26-14-18(24)22-10-12-23(13-11-22)19(25)21-16-4-2-1-3-5-16/h1-9H,10-14H2,(H,21,25). The van der Waals surface area contributed by atoms with Gasteiger partial charge in [0, 0.05) is 31.9 Å². The number of nitrogens with zero attached hydrogens (tertiary/aromatic N) is 2. The van der Waals surface area contributed by atoms with E-state index in [4.69, 9.17) is 4.74 Å². The molecule has 0 spiro atoms. The molecule has 0 bridgehead atoms. The van der Waals surface area contributed by atoms with E-state index in [-0.39, 0.29) is 24.4 Å². The van der Waals surface area contributed by atoms with Crippen LogP contribution in [-0.2, 0) is 4.79 Å². The van der Waals surface area contributed by atoms with Crippen molar-refractivity contribution < 1.29 is 18.7 Å². The third-order valence-electron chi connectivity index (χ3n) is 4.12. The summed E-state index contributed by atoms with van der Waals surface area (Å²) in [4.78, 5) is 27.8. The van der Waals surface area contributed by atoms with E-state index >= 15 is 0 Å². The number of urea groups is 1. The molecule has 7 heteroatoms. The zero-order chi connectivity index (χ0) is 18.4. The van der Waals surface area contributed by atoms with Crippen molar-refractivity contribution >= 4 is 17.6 Å². The molecule has 2 aromatic rings. The Balaban J connectivity index is 1.43. The van der Waals surface area contributed by atoms with E-state index in [1.807, 2.05) is 30.3 Å². The number of hydrogen-bond donors (Lipinski definition) is 1. The Morgan fingerprint density at radius 1 is 0.923 bits per heavy atom. The van der Waals surface area contributed by atoms with Crippen LogP contribution in [0.15, 0.2) is 54.6 Å². The van der Waals surface area contributed by atoms with Gasteiger partial charge in [-0.2, -0.15) is 0 Å². The number of hydrogen-bond acceptors (Lipinski definition) is 3. The third-order valence-corrected chi connectivity index (χ3v) is 4.12. The molecular weight excluding hydrogens is 337 g/mol. The average Bonchev–Trinajstić information content (AvgIpc) is 2.68. The molecule has 2 aromatic carbocycles. The summed E-state index contributed by atoms with van der Waals surface area (Å²) >= 11 is 0. The van der Waals surface area contributed by atoms with Crippen molar-refractivity contribution in [3.05, 3.63) is 60.4 Å². The normalized spacial score (nSPS) is 14.0. The molecule has 1 saturated heterocycles. The lowest BCUT2D eigenvalue weighted by Gasteiger charge is -2.34. The van der Waals surface area contributed by atoms with Crippen LogP contribution in [0.2, 0.25) is 0 Å². The van der Waals surface area contributed by atoms with Gasteiger partial charge in [0.25, 0.3) is 5.91 Å². The number of carbonyl (C=O) groups is 2. The van der Waals surface area contributed by atoms with Gasteiger partial charge in [0.05, 0.1) is 0 Å². The maximum Gasteiger partial charge on any atom is 0.321 e. The first-order valence-corrected chi connectivity index (χ1v) is 8.39. The maximum atomic E-state index is 12.8. The number of para-hydroxylation sites is 1. The summed E-state index contributed by atoms with van der Waals surface area (Å²) < 4.78 is 18.2. The van der Waals surface area contributed by atoms with Crippen molar-refractivity contribution in [2.45, 2.75) is 0 Å². The summed E-state index contributed by atoms with van der Waals surface area (Å²) in [6, 6.07) is 14.6. The largest absolute Gasteiger partial charge is 0.484 e. The van der Waals surface area contributed by atoms with Gasteiger partial charge in [0.15, 0.2) is 6.61 Å². The summed E-state index contributed by atoms with van der Waals surface area (Å²) in [6.07, 6.45) is 0. The van der Waals surface area contributed by atoms with E-state index in [1.165, 1.54) is 24.3 Å². The molecule has 0 aliphatic carbocycles. The van der Waals surface area contributed by atoms with Gasteiger partial charge in [0.2, 0.25) is 0 Å². The van der Waals surface area contributed by atoms with Crippen molar-refractivity contribution in [2.24, 2.45) is 0 Å². The van der Waals surface area contributed by atoms with E-state index in [1.54, 1.807) is 9.80 Å². The van der Waals surface area contributed by atoms with Gasteiger partial charge in [-0.3, -0.25) is 4.79 Å². The van der Waals surface area contributed by atoms with Crippen LogP contribution in [0, 0.1) is 5.82 Å². The number of piperazine rings is 1. The van der Waals surface area contributed by atoms with Gasteiger partial charge in [-0.25, -0.2) is 9.18 Å². The number of ether oxygens (including phenoxy) is 1. The van der Waals surface area contributed by atoms with E-state index in [2.05, 4.69) is 5.32 Å². The minimum Gasteiger partial charge on any atom is -0.484 e. The van der Waals surface area contributed by atoms with Crippen LogP contribution < -0.4 is 10.1 Å². The Bertz CT molecular complexity index is 744. The van der Waals surface area contributed by atoms with E-state index in [0.717, 1.165) is 5.69 Å². The third kappa shape index (κ3) is 4.72. The molecule has 3 amide bonds. The van der Waals surface area contributed by atoms with Crippen LogP contribution in [0.25, 0.3) is 0 Å². The molecule has 1 heterocycles. The van der Waals surface area contributed by atoms with Crippen molar-refractivity contribution in [3.63, 3.8) is 0 Å². The summed E-state index contributed by atoms with van der Waals surface area (Å²) in [7, 11) is 0. The van der Waals surface area contributed by atoms with E-state index in [0.29, 0.717) is 31.9 Å². The fourth-order valence-corrected chi connectivity index (χ4v) is 2.65. The second kappa shape index (κ2) is 8.33. The average molecular weight is 357 g/mol. The van der Waals surface area contributed by atoms with Gasteiger partial charge >= 0.3 is 6.03 Å². The van der Waals surface area contributed by atoms with Crippen LogP contribution in [0.1, 0.15) is 0 Å². The molecule has 1 aliphatic rings. The highest BCUT2D eigenvalue weighted by Gasteiger charge is 2.24. The van der Waals surface area contributed by atoms with Crippen molar-refractivity contribution in [2.75, 3.05) is 38.1 Å². The molecule has 3 rings (SSSR count). The first-order chi connectivity index (χ1) is 12.6. The summed E-state index contributed by atoms with van der Waals surface area (Å²) in [5, 5.41) is 2.84. The Kier molecular flexibility index (Phi) is 5.68. The van der Waals surface area contributed by atoms with Gasteiger partial charge in [-0.15, -0.1) is 0 Å². The lowest BCUT2D eigenvalue weighted by molar-refractivity contribution is -0.134. The number of benzene rings is 2. The summed E-state index contributed by atoms with van der Waals surface area (Å²) in [5.41, 5.74) is 0.740. The zero-order valence-corrected chi connectivity index (χ0v) is 14.2. The number of halogens is 1. The van der Waals surface area contributed by atoms with Gasteiger partial charge in [0.1, 0.15) is 11.6 Å². The number of carbonyl (C=O) groups excluding carboxylic acids is 2. The predicted molar refractivity (Wildman–Crippen MR) is 95.5 cm³/mol. The highest BCUT2D eigenvalue weighted by atomic mass is 19.1. The molecule has 0 radical (unpaired) electrons. The van der Waals surface area contributed by atoms with Crippen molar-refractivity contribution in [3.8, 4) is 5.75 Å². The minimum absolute atomic E-state index is 0.109. The Hall–Kier alpha value is -3.09. The first-order valence-electron chi connectivity index (χ1n) is 8.39. The van der Waals surface area contributed by atoms with Gasteiger partial charge in [-0.1, -0.05) is 18.2 Å². The molecule has 1 fully saturated rings. The van der Waals surface area contributed by atoms with Crippen LogP contribution in [0.3, 0.4) is 0 Å². The highest BCUT2D eigenvalue weighted by Crippen LogP contribution is 2.12. The first kappa shape index (κ1) is 17.7. The zero-order valence-electron chi connectivity index (χ0n) is 14.2. The van der Waals surface area contributed by atoms with E-state index < -0.39 is 0 Å². The molecule has 6 nitrogen and oxygen atoms in total. The van der Waals surface area contributed by atoms with E-state index in [9.17, 15) is 14.0 Å². The summed E-state index contributed by atoms with van der Waals surface area (Å²) in [5.74, 6) is -0.0633. The maximum absolute atomic E-state index is 12.8. The lowest BCUT2D eigenvalue weighted by Crippen LogP contribution is -2.52. The fourth-order valence-electron chi connectivity index (χ4n) is 2.65. The predicted octanol–water partition coefficient (Wildman–Crippen LogP) is 2.58. The molecule has 136 valence electrons.